The van der Waals surface area contributed by atoms with Gasteiger partial charge in [-0.1, -0.05) is 0 Å². The highest BCUT2D eigenvalue weighted by Gasteiger charge is 2.05. The van der Waals surface area contributed by atoms with E-state index in [2.05, 4.69) is 5.32 Å². The Morgan fingerprint density at radius 3 is 2.83 bits per heavy atom. The first-order valence-corrected chi connectivity index (χ1v) is 2.89. The number of carbonyl (C=O) groups excluding carboxylic acids is 1. The Morgan fingerprint density at radius 1 is 1.83 bits per heavy atom. The number of amides is 1. The van der Waals surface area contributed by atoms with E-state index in [9.17, 15) is 4.79 Å². The van der Waals surface area contributed by atoms with E-state index in [1.165, 1.54) is 0 Å². The summed E-state index contributed by atoms with van der Waals surface area (Å²) in [4.78, 5) is 10.1. The van der Waals surface area contributed by atoms with E-state index < -0.39 is 0 Å². The SMILES string of the molecule is O=C1CSCN1. The van der Waals surface area contributed by atoms with Crippen molar-refractivity contribution in [2.24, 2.45) is 0 Å². The van der Waals surface area contributed by atoms with Gasteiger partial charge in [-0.3, -0.25) is 4.79 Å². The van der Waals surface area contributed by atoms with Gasteiger partial charge in [-0.15, -0.1) is 11.8 Å². The van der Waals surface area contributed by atoms with Crippen LogP contribution >= 0.6 is 11.8 Å². The molecule has 1 saturated heterocycles. The minimum Gasteiger partial charge on any atom is -0.346 e. The molecule has 1 N–H and O–H groups in total. The van der Waals surface area contributed by atoms with Gasteiger partial charge in [-0.05, 0) is 0 Å². The molecular formula is C3H5NOS. The van der Waals surface area contributed by atoms with Crippen LogP contribution in [-0.2, 0) is 4.79 Å². The van der Waals surface area contributed by atoms with Crippen molar-refractivity contribution in [3.63, 3.8) is 0 Å². The summed E-state index contributed by atoms with van der Waals surface area (Å²) in [6.45, 7) is 0. The number of hydrogen-bond acceptors (Lipinski definition) is 2. The Kier molecular flexibility index (Phi) is 1.01. The Balaban J connectivity index is 2.37. The highest BCUT2D eigenvalue weighted by Crippen LogP contribution is 2.01. The van der Waals surface area contributed by atoms with Gasteiger partial charge in [-0.2, -0.15) is 0 Å². The van der Waals surface area contributed by atoms with E-state index in [0.717, 1.165) is 5.88 Å². The Hall–Kier alpha value is -0.180. The lowest BCUT2D eigenvalue weighted by Gasteiger charge is -1.78. The zero-order chi connectivity index (χ0) is 4.41. The van der Waals surface area contributed by atoms with Gasteiger partial charge < -0.3 is 5.32 Å². The van der Waals surface area contributed by atoms with Crippen LogP contribution in [0.25, 0.3) is 0 Å². The molecule has 1 heterocycles. The van der Waals surface area contributed by atoms with E-state index in [1.807, 2.05) is 0 Å². The van der Waals surface area contributed by atoms with Gasteiger partial charge in [0.2, 0.25) is 5.91 Å². The first kappa shape index (κ1) is 3.99. The summed E-state index contributed by atoms with van der Waals surface area (Å²) in [5, 5.41) is 2.64. The van der Waals surface area contributed by atoms with Crippen LogP contribution in [0, 0.1) is 0 Å². The van der Waals surface area contributed by atoms with Gasteiger partial charge in [-0.25, -0.2) is 0 Å². The molecular weight excluding hydrogens is 98.1 g/mol. The zero-order valence-electron chi connectivity index (χ0n) is 3.23. The average Bonchev–Trinajstić information content (AvgIpc) is 1.86. The molecule has 1 rings (SSSR count). The second-order valence-corrected chi connectivity index (χ2v) is 2.08. The number of carbonyl (C=O) groups is 1. The monoisotopic (exact) mass is 103 g/mol. The van der Waals surface area contributed by atoms with E-state index >= 15 is 0 Å². The van der Waals surface area contributed by atoms with Gasteiger partial charge in [0.25, 0.3) is 0 Å². The smallest absolute Gasteiger partial charge is 0.230 e. The van der Waals surface area contributed by atoms with Crippen molar-refractivity contribution in [1.29, 1.82) is 0 Å². The molecule has 3 heteroatoms. The highest BCUT2D eigenvalue weighted by molar-refractivity contribution is 8.00. The van der Waals surface area contributed by atoms with Crippen molar-refractivity contribution < 1.29 is 4.79 Å². The molecule has 34 valence electrons. The van der Waals surface area contributed by atoms with Crippen molar-refractivity contribution in [1.82, 2.24) is 5.32 Å². The minimum absolute atomic E-state index is 0.167. The number of rotatable bonds is 0. The molecule has 1 amide bonds. The van der Waals surface area contributed by atoms with Gasteiger partial charge >= 0.3 is 0 Å². The molecule has 0 saturated carbocycles. The molecule has 2 nitrogen and oxygen atoms in total. The number of hydrogen-bond donors (Lipinski definition) is 1. The number of nitrogens with one attached hydrogen (secondary N) is 1. The summed E-state index contributed by atoms with van der Waals surface area (Å²) in [5.74, 6) is 1.62. The predicted octanol–water partition coefficient (Wildman–Crippen LogP) is -0.193. The summed E-state index contributed by atoms with van der Waals surface area (Å²) in [5.41, 5.74) is 0. The maximum Gasteiger partial charge on any atom is 0.230 e. The molecule has 0 aromatic heterocycles. The lowest BCUT2D eigenvalue weighted by atomic mass is 10.7. The molecule has 1 aliphatic rings. The van der Waals surface area contributed by atoms with Crippen LogP contribution in [0.15, 0.2) is 0 Å². The third kappa shape index (κ3) is 0.653. The second kappa shape index (κ2) is 1.51. The molecule has 6 heavy (non-hydrogen) atoms. The molecule has 0 atom stereocenters. The van der Waals surface area contributed by atoms with E-state index in [4.69, 9.17) is 0 Å². The van der Waals surface area contributed by atoms with Crippen molar-refractivity contribution in [3.05, 3.63) is 0 Å². The third-order valence-corrected chi connectivity index (χ3v) is 1.42. The molecule has 0 aliphatic carbocycles. The van der Waals surface area contributed by atoms with Crippen LogP contribution in [0.5, 0.6) is 0 Å². The van der Waals surface area contributed by atoms with E-state index in [1.54, 1.807) is 11.8 Å². The van der Waals surface area contributed by atoms with Crippen LogP contribution in [0.2, 0.25) is 0 Å². The zero-order valence-corrected chi connectivity index (χ0v) is 4.05. The maximum absolute atomic E-state index is 10.1. The number of thioether (sulfide) groups is 1. The fraction of sp³-hybridized carbons (Fsp3) is 0.667. The summed E-state index contributed by atoms with van der Waals surface area (Å²) in [6, 6.07) is 0. The van der Waals surface area contributed by atoms with Crippen LogP contribution < -0.4 is 5.32 Å². The molecule has 0 aromatic rings. The Morgan fingerprint density at radius 2 is 2.67 bits per heavy atom. The van der Waals surface area contributed by atoms with Gasteiger partial charge in [0.05, 0.1) is 11.6 Å². The van der Waals surface area contributed by atoms with Crippen molar-refractivity contribution in [2.45, 2.75) is 0 Å². The van der Waals surface area contributed by atoms with E-state index in [-0.39, 0.29) is 5.91 Å². The van der Waals surface area contributed by atoms with Crippen LogP contribution in [0.3, 0.4) is 0 Å². The predicted molar refractivity (Wildman–Crippen MR) is 25.5 cm³/mol. The van der Waals surface area contributed by atoms with Gasteiger partial charge in [0.1, 0.15) is 0 Å². The topological polar surface area (TPSA) is 29.1 Å². The molecule has 0 bridgehead atoms. The van der Waals surface area contributed by atoms with Crippen LogP contribution in [0.4, 0.5) is 0 Å². The molecule has 0 radical (unpaired) electrons. The first-order valence-electron chi connectivity index (χ1n) is 1.74. The molecule has 0 unspecified atom stereocenters. The first-order chi connectivity index (χ1) is 2.89. The maximum atomic E-state index is 10.1. The quantitative estimate of drug-likeness (QED) is 0.460. The standard InChI is InChI=1S/C3H5NOS/c5-3-1-6-2-4-3/h1-2H2,(H,4,5). The highest BCUT2D eigenvalue weighted by atomic mass is 32.2. The van der Waals surface area contributed by atoms with Gasteiger partial charge in [0.15, 0.2) is 0 Å². The average molecular weight is 103 g/mol. The van der Waals surface area contributed by atoms with Crippen LogP contribution in [0.1, 0.15) is 0 Å². The normalized spacial score (nSPS) is 21.0. The molecule has 0 aromatic carbocycles. The minimum atomic E-state index is 0.167. The van der Waals surface area contributed by atoms with Crippen molar-refractivity contribution in [3.8, 4) is 0 Å². The molecule has 1 fully saturated rings. The van der Waals surface area contributed by atoms with Crippen molar-refractivity contribution >= 4 is 17.7 Å². The fourth-order valence-electron chi connectivity index (χ4n) is 0.326. The Bertz CT molecular complexity index is 65.2. The largest absolute Gasteiger partial charge is 0.346 e. The summed E-state index contributed by atoms with van der Waals surface area (Å²) >= 11 is 1.62. The molecule has 1 aliphatic heterocycles. The third-order valence-electron chi connectivity index (χ3n) is 0.605. The summed E-state index contributed by atoms with van der Waals surface area (Å²) < 4.78 is 0. The second-order valence-electron chi connectivity index (χ2n) is 1.09. The molecule has 0 spiro atoms. The lowest BCUT2D eigenvalue weighted by molar-refractivity contribution is -0.117. The van der Waals surface area contributed by atoms with Crippen LogP contribution in [-0.4, -0.2) is 17.5 Å². The van der Waals surface area contributed by atoms with E-state index in [0.29, 0.717) is 5.75 Å². The van der Waals surface area contributed by atoms with Crippen molar-refractivity contribution in [2.75, 3.05) is 11.6 Å². The fourth-order valence-corrected chi connectivity index (χ4v) is 0.979. The summed E-state index contributed by atoms with van der Waals surface area (Å²) in [7, 11) is 0. The summed E-state index contributed by atoms with van der Waals surface area (Å²) in [6.07, 6.45) is 0. The Labute approximate surface area is 40.3 Å². The lowest BCUT2D eigenvalue weighted by Crippen LogP contribution is -2.14. The van der Waals surface area contributed by atoms with Gasteiger partial charge in [0, 0.05) is 0 Å².